The molecule has 0 aliphatic carbocycles. The molecule has 2 rings (SSSR count). The third kappa shape index (κ3) is 3.14. The summed E-state index contributed by atoms with van der Waals surface area (Å²) in [6.07, 6.45) is 3.77. The molecule has 0 aliphatic heterocycles. The van der Waals surface area contributed by atoms with Crippen molar-refractivity contribution in [1.29, 1.82) is 0 Å². The maximum atomic E-state index is 12.1. The van der Waals surface area contributed by atoms with Crippen LogP contribution >= 0.6 is 0 Å². The molecule has 98 valence electrons. The Morgan fingerprint density at radius 3 is 2.84 bits per heavy atom. The Balaban J connectivity index is 2.20. The van der Waals surface area contributed by atoms with E-state index in [0.29, 0.717) is 5.69 Å². The number of aliphatic hydroxyl groups excluding tert-OH is 1. The molecule has 5 heteroatoms. The van der Waals surface area contributed by atoms with E-state index < -0.39 is 0 Å². The summed E-state index contributed by atoms with van der Waals surface area (Å²) >= 11 is 0. The van der Waals surface area contributed by atoms with Gasteiger partial charge in [0, 0.05) is 18.1 Å². The van der Waals surface area contributed by atoms with Crippen molar-refractivity contribution in [2.24, 2.45) is 0 Å². The van der Waals surface area contributed by atoms with Crippen molar-refractivity contribution in [3.63, 3.8) is 0 Å². The molecule has 19 heavy (non-hydrogen) atoms. The van der Waals surface area contributed by atoms with Crippen molar-refractivity contribution >= 4 is 11.6 Å². The first kappa shape index (κ1) is 13.2. The standard InChI is InChI=1S/C14H15N3O2/c1-2-10-4-3-5-11(8-10)17-14(19)13-12(9-18)15-6-7-16-13/h3-8,18H,2,9H2,1H3,(H,17,19). The lowest BCUT2D eigenvalue weighted by Gasteiger charge is -2.08. The van der Waals surface area contributed by atoms with Crippen molar-refractivity contribution in [3.05, 3.63) is 53.6 Å². The summed E-state index contributed by atoms with van der Waals surface area (Å²) in [5, 5.41) is 11.9. The molecule has 1 amide bonds. The van der Waals surface area contributed by atoms with Gasteiger partial charge in [-0.3, -0.25) is 9.78 Å². The van der Waals surface area contributed by atoms with Gasteiger partial charge in [-0.1, -0.05) is 19.1 Å². The van der Waals surface area contributed by atoms with E-state index in [2.05, 4.69) is 15.3 Å². The van der Waals surface area contributed by atoms with Crippen LogP contribution in [0.25, 0.3) is 0 Å². The normalized spacial score (nSPS) is 10.2. The fraction of sp³-hybridized carbons (Fsp3) is 0.214. The Morgan fingerprint density at radius 2 is 2.11 bits per heavy atom. The summed E-state index contributed by atoms with van der Waals surface area (Å²) < 4.78 is 0. The van der Waals surface area contributed by atoms with Gasteiger partial charge in [-0.25, -0.2) is 4.98 Å². The summed E-state index contributed by atoms with van der Waals surface area (Å²) in [5.41, 5.74) is 2.26. The number of anilines is 1. The SMILES string of the molecule is CCc1cccc(NC(=O)c2nccnc2CO)c1. The number of aliphatic hydroxyl groups is 1. The highest BCUT2D eigenvalue weighted by molar-refractivity contribution is 6.03. The van der Waals surface area contributed by atoms with Crippen LogP contribution in [0.5, 0.6) is 0 Å². The molecule has 0 atom stereocenters. The van der Waals surface area contributed by atoms with Crippen LogP contribution in [0.1, 0.15) is 28.7 Å². The molecule has 2 N–H and O–H groups in total. The molecule has 0 bridgehead atoms. The summed E-state index contributed by atoms with van der Waals surface area (Å²) in [4.78, 5) is 19.9. The monoisotopic (exact) mass is 257 g/mol. The quantitative estimate of drug-likeness (QED) is 0.875. The highest BCUT2D eigenvalue weighted by Crippen LogP contribution is 2.13. The number of nitrogens with zero attached hydrogens (tertiary/aromatic N) is 2. The van der Waals surface area contributed by atoms with E-state index in [9.17, 15) is 4.79 Å². The largest absolute Gasteiger partial charge is 0.390 e. The molecule has 0 unspecified atom stereocenters. The van der Waals surface area contributed by atoms with Gasteiger partial charge in [-0.05, 0) is 24.1 Å². The topological polar surface area (TPSA) is 75.1 Å². The Labute approximate surface area is 111 Å². The maximum absolute atomic E-state index is 12.1. The Bertz CT molecular complexity index is 584. The minimum Gasteiger partial charge on any atom is -0.390 e. The van der Waals surface area contributed by atoms with Crippen molar-refractivity contribution < 1.29 is 9.90 Å². The molecule has 1 aromatic heterocycles. The van der Waals surface area contributed by atoms with Crippen LogP contribution in [0, 0.1) is 0 Å². The van der Waals surface area contributed by atoms with Crippen molar-refractivity contribution in [3.8, 4) is 0 Å². The number of aromatic nitrogens is 2. The molecule has 2 aromatic rings. The van der Waals surface area contributed by atoms with Crippen LogP contribution in [-0.2, 0) is 13.0 Å². The summed E-state index contributed by atoms with van der Waals surface area (Å²) in [6, 6.07) is 7.61. The number of carbonyl (C=O) groups is 1. The number of nitrogens with one attached hydrogen (secondary N) is 1. The lowest BCUT2D eigenvalue weighted by Crippen LogP contribution is -2.17. The molecule has 1 heterocycles. The number of amides is 1. The predicted octanol–water partition coefficient (Wildman–Crippen LogP) is 1.78. The van der Waals surface area contributed by atoms with Crippen LogP contribution in [-0.4, -0.2) is 21.0 Å². The van der Waals surface area contributed by atoms with Crippen LogP contribution in [0.15, 0.2) is 36.7 Å². The van der Waals surface area contributed by atoms with Gasteiger partial charge in [0.05, 0.1) is 12.3 Å². The fourth-order valence-electron chi connectivity index (χ4n) is 1.73. The Hall–Kier alpha value is -2.27. The average molecular weight is 257 g/mol. The zero-order valence-electron chi connectivity index (χ0n) is 10.6. The van der Waals surface area contributed by atoms with E-state index in [1.54, 1.807) is 0 Å². The second-order valence-corrected chi connectivity index (χ2v) is 4.02. The molecular formula is C14H15N3O2. The maximum Gasteiger partial charge on any atom is 0.276 e. The molecule has 0 saturated carbocycles. The van der Waals surface area contributed by atoms with Crippen LogP contribution in [0.4, 0.5) is 5.69 Å². The highest BCUT2D eigenvalue weighted by Gasteiger charge is 2.13. The molecule has 0 aliphatic rings. The van der Waals surface area contributed by atoms with E-state index in [1.807, 2.05) is 31.2 Å². The number of benzene rings is 1. The third-order valence-corrected chi connectivity index (χ3v) is 2.73. The molecule has 1 aromatic carbocycles. The van der Waals surface area contributed by atoms with Gasteiger partial charge in [-0.15, -0.1) is 0 Å². The lowest BCUT2D eigenvalue weighted by molar-refractivity contribution is 0.101. The molecule has 0 spiro atoms. The fourth-order valence-corrected chi connectivity index (χ4v) is 1.73. The number of hydrogen-bond acceptors (Lipinski definition) is 4. The highest BCUT2D eigenvalue weighted by atomic mass is 16.3. The van der Waals surface area contributed by atoms with Crippen LogP contribution in [0.3, 0.4) is 0 Å². The van der Waals surface area contributed by atoms with Gasteiger partial charge in [0.15, 0.2) is 5.69 Å². The molecular weight excluding hydrogens is 242 g/mol. The van der Waals surface area contributed by atoms with Gasteiger partial charge < -0.3 is 10.4 Å². The zero-order valence-corrected chi connectivity index (χ0v) is 10.6. The van der Waals surface area contributed by atoms with Gasteiger partial charge in [0.25, 0.3) is 5.91 Å². The Kier molecular flexibility index (Phi) is 4.20. The first-order valence-corrected chi connectivity index (χ1v) is 6.05. The average Bonchev–Trinajstić information content (AvgIpc) is 2.47. The van der Waals surface area contributed by atoms with Crippen molar-refractivity contribution in [2.75, 3.05) is 5.32 Å². The van der Waals surface area contributed by atoms with Gasteiger partial charge in [0.1, 0.15) is 0 Å². The van der Waals surface area contributed by atoms with E-state index in [1.165, 1.54) is 12.4 Å². The lowest BCUT2D eigenvalue weighted by atomic mass is 10.1. The second kappa shape index (κ2) is 6.06. The van der Waals surface area contributed by atoms with Crippen LogP contribution in [0.2, 0.25) is 0 Å². The first-order valence-electron chi connectivity index (χ1n) is 6.05. The first-order chi connectivity index (χ1) is 9.24. The van der Waals surface area contributed by atoms with Gasteiger partial charge in [0.2, 0.25) is 0 Å². The molecule has 0 fully saturated rings. The second-order valence-electron chi connectivity index (χ2n) is 4.02. The summed E-state index contributed by atoms with van der Waals surface area (Å²) in [7, 11) is 0. The third-order valence-electron chi connectivity index (χ3n) is 2.73. The van der Waals surface area contributed by atoms with E-state index in [-0.39, 0.29) is 23.9 Å². The van der Waals surface area contributed by atoms with Crippen molar-refractivity contribution in [1.82, 2.24) is 9.97 Å². The molecule has 5 nitrogen and oxygen atoms in total. The van der Waals surface area contributed by atoms with Gasteiger partial charge >= 0.3 is 0 Å². The summed E-state index contributed by atoms with van der Waals surface area (Å²) in [6.45, 7) is 1.74. The van der Waals surface area contributed by atoms with Crippen molar-refractivity contribution in [2.45, 2.75) is 20.0 Å². The number of carbonyl (C=O) groups excluding carboxylic acids is 1. The number of rotatable bonds is 4. The molecule has 0 saturated heterocycles. The predicted molar refractivity (Wildman–Crippen MR) is 71.7 cm³/mol. The minimum absolute atomic E-state index is 0.145. The Morgan fingerprint density at radius 1 is 1.32 bits per heavy atom. The van der Waals surface area contributed by atoms with Gasteiger partial charge in [-0.2, -0.15) is 0 Å². The zero-order chi connectivity index (χ0) is 13.7. The smallest absolute Gasteiger partial charge is 0.276 e. The number of hydrogen-bond donors (Lipinski definition) is 2. The van der Waals surface area contributed by atoms with Crippen LogP contribution < -0.4 is 5.32 Å². The van der Waals surface area contributed by atoms with E-state index >= 15 is 0 Å². The minimum atomic E-state index is -0.370. The summed E-state index contributed by atoms with van der Waals surface area (Å²) in [5.74, 6) is -0.370. The van der Waals surface area contributed by atoms with E-state index in [4.69, 9.17) is 5.11 Å². The van der Waals surface area contributed by atoms with E-state index in [0.717, 1.165) is 12.0 Å². The molecule has 0 radical (unpaired) electrons. The number of aryl methyl sites for hydroxylation is 1.